The Morgan fingerprint density at radius 1 is 0.946 bits per heavy atom. The number of anilines is 1. The van der Waals surface area contributed by atoms with Crippen LogP contribution < -0.4 is 15.6 Å². The lowest BCUT2D eigenvalue weighted by molar-refractivity contribution is -0.138. The number of aliphatic carboxylic acids is 1. The number of carbonyl (C=O) groups excluding carboxylic acids is 2. The largest absolute Gasteiger partial charge is 0.481 e. The van der Waals surface area contributed by atoms with E-state index in [1.165, 1.54) is 6.07 Å². The monoisotopic (exact) mass is 525 g/mol. The van der Waals surface area contributed by atoms with Crippen LogP contribution in [0.2, 0.25) is 0 Å². The Labute approximate surface area is 214 Å². The molecular weight excluding hydrogens is 498 g/mol. The number of rotatable bonds is 13. The number of hydrogen-bond acceptors (Lipinski definition) is 6. The summed E-state index contributed by atoms with van der Waals surface area (Å²) in [6, 6.07) is 19.8. The third-order valence-corrected chi connectivity index (χ3v) is 6.74. The first kappa shape index (κ1) is 27.3. The van der Waals surface area contributed by atoms with E-state index in [0.29, 0.717) is 12.0 Å². The van der Waals surface area contributed by atoms with Crippen LogP contribution in [0, 0.1) is 0 Å². The standard InChI is InChI=1S/C26H27N3O7S/c30-18-21(16-25(32)33)27-24(31)17-29-22(15-20-9-5-2-6-10-20)11-12-23(26(29)34)28-37(35,36)14-13-19-7-3-1-4-8-19/h1-12,18,21,28H,13-17H2,(H,27,31)(H,32,33)/t21-/m0/s1. The normalized spacial score (nSPS) is 11.9. The number of aryl methyl sites for hydroxylation is 1. The Kier molecular flexibility index (Phi) is 9.33. The van der Waals surface area contributed by atoms with Crippen molar-refractivity contribution in [1.29, 1.82) is 0 Å². The molecule has 0 radical (unpaired) electrons. The van der Waals surface area contributed by atoms with Crippen molar-refractivity contribution in [2.45, 2.75) is 31.8 Å². The van der Waals surface area contributed by atoms with Gasteiger partial charge in [0.05, 0.1) is 18.2 Å². The molecule has 37 heavy (non-hydrogen) atoms. The Bertz CT molecular complexity index is 1410. The van der Waals surface area contributed by atoms with Gasteiger partial charge in [-0.25, -0.2) is 8.42 Å². The molecule has 0 bridgehead atoms. The molecule has 0 saturated heterocycles. The molecule has 3 N–H and O–H groups in total. The molecule has 0 spiro atoms. The van der Waals surface area contributed by atoms with E-state index >= 15 is 0 Å². The highest BCUT2D eigenvalue weighted by atomic mass is 32.2. The highest BCUT2D eigenvalue weighted by molar-refractivity contribution is 7.92. The topological polar surface area (TPSA) is 152 Å². The number of hydrogen-bond donors (Lipinski definition) is 3. The van der Waals surface area contributed by atoms with E-state index < -0.39 is 46.5 Å². The number of aldehydes is 1. The summed E-state index contributed by atoms with van der Waals surface area (Å²) in [6.07, 6.45) is 0.214. The van der Waals surface area contributed by atoms with Gasteiger partial charge in [-0.1, -0.05) is 60.7 Å². The molecule has 1 atom stereocenters. The number of pyridine rings is 1. The Hall–Kier alpha value is -4.25. The molecule has 0 unspecified atom stereocenters. The van der Waals surface area contributed by atoms with Crippen LogP contribution in [0.5, 0.6) is 0 Å². The van der Waals surface area contributed by atoms with Crippen molar-refractivity contribution in [3.8, 4) is 0 Å². The van der Waals surface area contributed by atoms with Gasteiger partial charge >= 0.3 is 5.97 Å². The number of benzene rings is 2. The number of nitrogens with zero attached hydrogens (tertiary/aromatic N) is 1. The second-order valence-corrected chi connectivity index (χ2v) is 10.2. The quantitative estimate of drug-likeness (QED) is 0.287. The molecule has 194 valence electrons. The van der Waals surface area contributed by atoms with E-state index in [9.17, 15) is 27.6 Å². The van der Waals surface area contributed by atoms with Crippen molar-refractivity contribution in [1.82, 2.24) is 9.88 Å². The highest BCUT2D eigenvalue weighted by Crippen LogP contribution is 2.13. The number of carboxylic acids is 1. The smallest absolute Gasteiger partial charge is 0.305 e. The highest BCUT2D eigenvalue weighted by Gasteiger charge is 2.20. The van der Waals surface area contributed by atoms with E-state index in [1.807, 2.05) is 36.4 Å². The second kappa shape index (κ2) is 12.6. The lowest BCUT2D eigenvalue weighted by atomic mass is 10.1. The summed E-state index contributed by atoms with van der Waals surface area (Å²) in [5.41, 5.74) is 1.14. The van der Waals surface area contributed by atoms with Gasteiger partial charge in [-0.05, 0) is 29.7 Å². The first-order valence-electron chi connectivity index (χ1n) is 11.4. The number of nitrogens with one attached hydrogen (secondary N) is 2. The van der Waals surface area contributed by atoms with Gasteiger partial charge in [-0.2, -0.15) is 0 Å². The molecule has 0 aliphatic heterocycles. The molecule has 10 nitrogen and oxygen atoms in total. The Balaban J connectivity index is 1.86. The summed E-state index contributed by atoms with van der Waals surface area (Å²) < 4.78 is 28.8. The summed E-state index contributed by atoms with van der Waals surface area (Å²) in [7, 11) is -3.88. The zero-order valence-electron chi connectivity index (χ0n) is 19.9. The summed E-state index contributed by atoms with van der Waals surface area (Å²) in [5.74, 6) is -2.29. The minimum atomic E-state index is -3.88. The van der Waals surface area contributed by atoms with Gasteiger partial charge in [0.25, 0.3) is 5.56 Å². The van der Waals surface area contributed by atoms with Crippen molar-refractivity contribution in [2.75, 3.05) is 10.5 Å². The van der Waals surface area contributed by atoms with Gasteiger partial charge in [0.1, 0.15) is 18.5 Å². The molecule has 1 amide bonds. The molecule has 2 aromatic carbocycles. The van der Waals surface area contributed by atoms with Gasteiger partial charge in [0, 0.05) is 12.1 Å². The fraction of sp³-hybridized carbons (Fsp3) is 0.231. The SMILES string of the molecule is O=C[C@H](CC(=O)O)NC(=O)Cn1c(Cc2ccccc2)ccc(NS(=O)(=O)CCc2ccccc2)c1=O. The number of sulfonamides is 1. The second-order valence-electron chi connectivity index (χ2n) is 8.36. The lowest BCUT2D eigenvalue weighted by Gasteiger charge is -2.17. The molecular formula is C26H27N3O7S. The van der Waals surface area contributed by atoms with Crippen molar-refractivity contribution >= 4 is 33.9 Å². The summed E-state index contributed by atoms with van der Waals surface area (Å²) in [4.78, 5) is 48.0. The molecule has 0 aliphatic carbocycles. The summed E-state index contributed by atoms with van der Waals surface area (Å²) in [6.45, 7) is -0.537. The van der Waals surface area contributed by atoms with Crippen LogP contribution in [0.4, 0.5) is 5.69 Å². The molecule has 0 fully saturated rings. The van der Waals surface area contributed by atoms with E-state index in [2.05, 4.69) is 10.0 Å². The van der Waals surface area contributed by atoms with Crippen molar-refractivity contribution in [3.63, 3.8) is 0 Å². The van der Waals surface area contributed by atoms with Gasteiger partial charge in [-0.15, -0.1) is 0 Å². The van der Waals surface area contributed by atoms with Crippen LogP contribution in [0.25, 0.3) is 0 Å². The maximum Gasteiger partial charge on any atom is 0.305 e. The van der Waals surface area contributed by atoms with Gasteiger partial charge in [0.2, 0.25) is 15.9 Å². The molecule has 3 rings (SSSR count). The van der Waals surface area contributed by atoms with Crippen molar-refractivity contribution in [3.05, 3.63) is 100.0 Å². The number of amides is 1. The Morgan fingerprint density at radius 2 is 1.57 bits per heavy atom. The summed E-state index contributed by atoms with van der Waals surface area (Å²) >= 11 is 0. The molecule has 1 heterocycles. The minimum absolute atomic E-state index is 0.227. The van der Waals surface area contributed by atoms with Gasteiger partial charge < -0.3 is 19.8 Å². The Morgan fingerprint density at radius 3 is 2.16 bits per heavy atom. The van der Waals surface area contributed by atoms with Crippen molar-refractivity contribution < 1.29 is 27.9 Å². The minimum Gasteiger partial charge on any atom is -0.481 e. The van der Waals surface area contributed by atoms with Crippen LogP contribution >= 0.6 is 0 Å². The third-order valence-electron chi connectivity index (χ3n) is 5.47. The maximum atomic E-state index is 13.3. The van der Waals surface area contributed by atoms with E-state index in [-0.39, 0.29) is 24.3 Å². The van der Waals surface area contributed by atoms with Gasteiger partial charge in [0.15, 0.2) is 0 Å². The van der Waals surface area contributed by atoms with E-state index in [4.69, 9.17) is 5.11 Å². The maximum absolute atomic E-state index is 13.3. The average Bonchev–Trinajstić information content (AvgIpc) is 2.87. The average molecular weight is 526 g/mol. The third kappa shape index (κ3) is 8.43. The summed E-state index contributed by atoms with van der Waals surface area (Å²) in [5, 5.41) is 11.2. The zero-order valence-corrected chi connectivity index (χ0v) is 20.7. The predicted molar refractivity (Wildman–Crippen MR) is 138 cm³/mol. The molecule has 11 heteroatoms. The molecule has 1 aromatic heterocycles. The van der Waals surface area contributed by atoms with E-state index in [0.717, 1.165) is 15.7 Å². The van der Waals surface area contributed by atoms with Crippen LogP contribution in [0.15, 0.2) is 77.6 Å². The number of aromatic nitrogens is 1. The molecule has 3 aromatic rings. The number of carboxylic acid groups (broad SMARTS) is 1. The fourth-order valence-electron chi connectivity index (χ4n) is 3.66. The first-order chi connectivity index (χ1) is 17.7. The van der Waals surface area contributed by atoms with E-state index in [1.54, 1.807) is 30.3 Å². The van der Waals surface area contributed by atoms with Crippen molar-refractivity contribution in [2.24, 2.45) is 0 Å². The first-order valence-corrected chi connectivity index (χ1v) is 13.1. The number of carbonyl (C=O) groups is 3. The predicted octanol–water partition coefficient (Wildman–Crippen LogP) is 1.58. The van der Waals surface area contributed by atoms with Crippen LogP contribution in [-0.4, -0.2) is 48.0 Å². The lowest BCUT2D eigenvalue weighted by Crippen LogP contribution is -2.41. The van der Waals surface area contributed by atoms with Gasteiger partial charge in [-0.3, -0.25) is 19.1 Å². The zero-order chi connectivity index (χ0) is 26.8. The van der Waals surface area contributed by atoms with Crippen LogP contribution in [0.3, 0.4) is 0 Å². The fourth-order valence-corrected chi connectivity index (χ4v) is 4.76. The van der Waals surface area contributed by atoms with Crippen LogP contribution in [0.1, 0.15) is 23.2 Å². The van der Waals surface area contributed by atoms with Crippen LogP contribution in [-0.2, 0) is 43.8 Å². The molecule has 0 saturated carbocycles. The molecule has 0 aliphatic rings.